The molecule has 0 spiro atoms. The van der Waals surface area contributed by atoms with Gasteiger partial charge in [0, 0.05) is 26.7 Å². The minimum Gasteiger partial charge on any atom is -0.373 e. The van der Waals surface area contributed by atoms with Gasteiger partial charge >= 0.3 is 5.69 Å². The lowest BCUT2D eigenvalue weighted by Crippen LogP contribution is -2.45. The van der Waals surface area contributed by atoms with E-state index in [-0.39, 0.29) is 12.2 Å². The van der Waals surface area contributed by atoms with Gasteiger partial charge in [0.2, 0.25) is 0 Å². The van der Waals surface area contributed by atoms with Crippen LogP contribution >= 0.6 is 0 Å². The zero-order valence-electron chi connectivity index (χ0n) is 16.4. The van der Waals surface area contributed by atoms with E-state index in [1.165, 1.54) is 4.57 Å². The molecule has 0 aliphatic carbocycles. The van der Waals surface area contributed by atoms with Gasteiger partial charge in [-0.15, -0.1) is 0 Å². The van der Waals surface area contributed by atoms with Gasteiger partial charge in [0.05, 0.1) is 18.8 Å². The molecule has 1 saturated heterocycles. The van der Waals surface area contributed by atoms with Gasteiger partial charge in [-0.1, -0.05) is 30.3 Å². The largest absolute Gasteiger partial charge is 0.373 e. The maximum absolute atomic E-state index is 12.6. The van der Waals surface area contributed by atoms with E-state index in [0.29, 0.717) is 24.3 Å². The Morgan fingerprint density at radius 2 is 1.79 bits per heavy atom. The number of nitrogens with one attached hydrogen (secondary N) is 1. The van der Waals surface area contributed by atoms with Gasteiger partial charge in [-0.2, -0.15) is 0 Å². The van der Waals surface area contributed by atoms with Crippen LogP contribution < -0.4 is 11.2 Å². The van der Waals surface area contributed by atoms with Crippen LogP contribution in [0.3, 0.4) is 0 Å². The molecule has 2 aromatic heterocycles. The van der Waals surface area contributed by atoms with E-state index in [0.717, 1.165) is 24.5 Å². The van der Waals surface area contributed by atoms with Crippen molar-refractivity contribution in [1.29, 1.82) is 0 Å². The Morgan fingerprint density at radius 3 is 2.46 bits per heavy atom. The molecule has 0 radical (unpaired) electrons. The van der Waals surface area contributed by atoms with Crippen LogP contribution in [0.25, 0.3) is 11.2 Å². The van der Waals surface area contributed by atoms with Crippen molar-refractivity contribution in [2.24, 2.45) is 7.05 Å². The molecule has 1 fully saturated rings. The number of benzene rings is 1. The molecule has 8 nitrogen and oxygen atoms in total. The fraction of sp³-hybridized carbons (Fsp3) is 0.450. The summed E-state index contributed by atoms with van der Waals surface area (Å²) >= 11 is 0. The van der Waals surface area contributed by atoms with Crippen molar-refractivity contribution in [2.45, 2.75) is 39.1 Å². The second-order valence-electron chi connectivity index (χ2n) is 7.54. The van der Waals surface area contributed by atoms with Crippen molar-refractivity contribution in [1.82, 2.24) is 24.0 Å². The van der Waals surface area contributed by atoms with Gasteiger partial charge < -0.3 is 9.30 Å². The quantitative estimate of drug-likeness (QED) is 0.729. The topological polar surface area (TPSA) is 85.2 Å². The number of hydrogen-bond acceptors (Lipinski definition) is 5. The highest BCUT2D eigenvalue weighted by Crippen LogP contribution is 2.18. The fourth-order valence-electron chi connectivity index (χ4n) is 3.95. The molecule has 1 aliphatic rings. The van der Waals surface area contributed by atoms with Gasteiger partial charge in [0.15, 0.2) is 11.2 Å². The van der Waals surface area contributed by atoms with Crippen molar-refractivity contribution < 1.29 is 4.74 Å². The van der Waals surface area contributed by atoms with E-state index in [4.69, 9.17) is 9.72 Å². The van der Waals surface area contributed by atoms with E-state index in [1.54, 1.807) is 7.05 Å². The summed E-state index contributed by atoms with van der Waals surface area (Å²) in [6.07, 6.45) is 0.284. The highest BCUT2D eigenvalue weighted by Gasteiger charge is 2.25. The highest BCUT2D eigenvalue weighted by molar-refractivity contribution is 5.71. The van der Waals surface area contributed by atoms with Crippen LogP contribution in [-0.2, 0) is 24.9 Å². The number of fused-ring (bicyclic) bond motifs is 1. The van der Waals surface area contributed by atoms with Gasteiger partial charge in [0.25, 0.3) is 5.56 Å². The zero-order chi connectivity index (χ0) is 19.8. The molecule has 2 atom stereocenters. The fourth-order valence-corrected chi connectivity index (χ4v) is 3.95. The summed E-state index contributed by atoms with van der Waals surface area (Å²) in [7, 11) is 1.63. The first-order valence-electron chi connectivity index (χ1n) is 9.52. The molecule has 0 unspecified atom stereocenters. The van der Waals surface area contributed by atoms with Crippen molar-refractivity contribution in [2.75, 3.05) is 13.1 Å². The van der Waals surface area contributed by atoms with Gasteiger partial charge in [0.1, 0.15) is 5.82 Å². The lowest BCUT2D eigenvalue weighted by molar-refractivity contribution is -0.0712. The first kappa shape index (κ1) is 18.6. The zero-order valence-corrected chi connectivity index (χ0v) is 16.4. The Balaban J connectivity index is 1.81. The number of ether oxygens (including phenoxy) is 1. The summed E-state index contributed by atoms with van der Waals surface area (Å²) in [5.74, 6) is 0.770. The van der Waals surface area contributed by atoms with Crippen LogP contribution in [0.4, 0.5) is 0 Å². The second-order valence-corrected chi connectivity index (χ2v) is 7.54. The molecular formula is C20H25N5O3. The smallest absolute Gasteiger partial charge is 0.329 e. The number of aromatic nitrogens is 4. The van der Waals surface area contributed by atoms with Crippen LogP contribution in [0, 0.1) is 0 Å². The van der Waals surface area contributed by atoms with Gasteiger partial charge in [-0.05, 0) is 19.4 Å². The molecule has 0 bridgehead atoms. The number of H-pyrrole nitrogens is 1. The molecule has 4 rings (SSSR count). The first-order chi connectivity index (χ1) is 13.4. The Kier molecular flexibility index (Phi) is 4.91. The third kappa shape index (κ3) is 3.53. The number of aromatic amines is 1. The Bertz CT molecular complexity index is 1090. The van der Waals surface area contributed by atoms with Crippen LogP contribution in [0.1, 0.15) is 25.2 Å². The maximum atomic E-state index is 12.6. The number of nitrogens with zero attached hydrogens (tertiary/aromatic N) is 4. The van der Waals surface area contributed by atoms with Crippen LogP contribution in [-0.4, -0.2) is 49.3 Å². The molecule has 0 saturated carbocycles. The number of aryl methyl sites for hydroxylation is 1. The lowest BCUT2D eigenvalue weighted by Gasteiger charge is -2.35. The monoisotopic (exact) mass is 383 g/mol. The SMILES string of the molecule is C[C@@H]1CN(Cc2nc3c(c(=O)[nH]c(=O)n3C)n2Cc2ccccc2)C[C@@H](C)O1. The number of imidazole rings is 1. The first-order valence-corrected chi connectivity index (χ1v) is 9.52. The Labute approximate surface area is 162 Å². The molecule has 3 heterocycles. The summed E-state index contributed by atoms with van der Waals surface area (Å²) in [4.78, 5) is 34.0. The average Bonchev–Trinajstić information content (AvgIpc) is 2.98. The minimum atomic E-state index is -0.456. The summed E-state index contributed by atoms with van der Waals surface area (Å²) < 4.78 is 9.14. The van der Waals surface area contributed by atoms with E-state index in [2.05, 4.69) is 23.7 Å². The summed E-state index contributed by atoms with van der Waals surface area (Å²) in [6, 6.07) is 9.94. The lowest BCUT2D eigenvalue weighted by atomic mass is 10.2. The van der Waals surface area contributed by atoms with E-state index < -0.39 is 11.2 Å². The number of hydrogen-bond donors (Lipinski definition) is 1. The van der Waals surface area contributed by atoms with Crippen molar-refractivity contribution in [3.8, 4) is 0 Å². The molecule has 1 aromatic carbocycles. The van der Waals surface area contributed by atoms with Gasteiger partial charge in [-0.25, -0.2) is 9.78 Å². The summed E-state index contributed by atoms with van der Waals surface area (Å²) in [5.41, 5.74) is 1.04. The van der Waals surface area contributed by atoms with Crippen LogP contribution in [0.2, 0.25) is 0 Å². The third-order valence-corrected chi connectivity index (χ3v) is 5.13. The molecule has 3 aromatic rings. The van der Waals surface area contributed by atoms with Crippen molar-refractivity contribution in [3.63, 3.8) is 0 Å². The summed E-state index contributed by atoms with van der Waals surface area (Å²) in [6.45, 7) is 6.83. The predicted molar refractivity (Wildman–Crippen MR) is 106 cm³/mol. The van der Waals surface area contributed by atoms with Crippen molar-refractivity contribution >= 4 is 11.2 Å². The van der Waals surface area contributed by atoms with Crippen molar-refractivity contribution in [3.05, 3.63) is 62.6 Å². The standard InChI is InChI=1S/C20H25N5O3/c1-13-9-24(10-14(2)28-13)12-16-21-18-17(19(26)22-20(27)23(18)3)25(16)11-15-7-5-4-6-8-15/h4-8,13-14H,9-12H2,1-3H3,(H,22,26,27)/t13-,14-/m1/s1. The molecule has 0 amide bonds. The minimum absolute atomic E-state index is 0.142. The molecule has 28 heavy (non-hydrogen) atoms. The number of rotatable bonds is 4. The Hall–Kier alpha value is -2.71. The Morgan fingerprint density at radius 1 is 1.11 bits per heavy atom. The maximum Gasteiger partial charge on any atom is 0.329 e. The van der Waals surface area contributed by atoms with E-state index in [9.17, 15) is 9.59 Å². The molecule has 8 heteroatoms. The van der Waals surface area contributed by atoms with Crippen LogP contribution in [0.15, 0.2) is 39.9 Å². The molecule has 148 valence electrons. The summed E-state index contributed by atoms with van der Waals surface area (Å²) in [5, 5.41) is 0. The normalized spacial score (nSPS) is 20.7. The van der Waals surface area contributed by atoms with E-state index in [1.807, 2.05) is 34.9 Å². The third-order valence-electron chi connectivity index (χ3n) is 5.13. The van der Waals surface area contributed by atoms with Gasteiger partial charge in [-0.3, -0.25) is 19.2 Å². The predicted octanol–water partition coefficient (Wildman–Crippen LogP) is 1.08. The highest BCUT2D eigenvalue weighted by atomic mass is 16.5. The number of morpholine rings is 1. The van der Waals surface area contributed by atoms with E-state index >= 15 is 0 Å². The molecule has 1 aliphatic heterocycles. The molecular weight excluding hydrogens is 358 g/mol. The van der Waals surface area contributed by atoms with Crippen LogP contribution in [0.5, 0.6) is 0 Å². The molecule has 1 N–H and O–H groups in total. The second kappa shape index (κ2) is 7.37. The average molecular weight is 383 g/mol.